The Morgan fingerprint density at radius 1 is 1.00 bits per heavy atom. The number of nitrogens with two attached hydrogens (primary N) is 1. The molecule has 4 nitrogen and oxygen atoms in total. The molecular formula is C17H36ClNO3. The minimum atomic E-state index is -1.01. The summed E-state index contributed by atoms with van der Waals surface area (Å²) >= 11 is 5.59. The summed E-state index contributed by atoms with van der Waals surface area (Å²) in [5.74, 6) is -0.322. The molecule has 3 atom stereocenters. The van der Waals surface area contributed by atoms with Crippen molar-refractivity contribution in [3.63, 3.8) is 0 Å². The van der Waals surface area contributed by atoms with Gasteiger partial charge in [-0.15, -0.1) is 0 Å². The lowest BCUT2D eigenvalue weighted by atomic mass is 9.97. The van der Waals surface area contributed by atoms with Gasteiger partial charge in [0, 0.05) is 31.8 Å². The van der Waals surface area contributed by atoms with Crippen LogP contribution in [0.2, 0.25) is 0 Å². The van der Waals surface area contributed by atoms with E-state index in [1.54, 1.807) is 0 Å². The van der Waals surface area contributed by atoms with Crippen molar-refractivity contribution in [3.05, 3.63) is 0 Å². The quantitative estimate of drug-likeness (QED) is 0.298. The standard InChI is InChI=1S/C17H36ClNO3/c1-2-3-4-8-11-22-12-9-6-5-7-10-16(19)13-15(14-20)17(18)21/h15-17,20-21H,2-14,19H2,1H3. The topological polar surface area (TPSA) is 75.7 Å². The van der Waals surface area contributed by atoms with Crippen LogP contribution in [0.5, 0.6) is 0 Å². The first-order valence-corrected chi connectivity index (χ1v) is 9.31. The molecule has 0 saturated heterocycles. The zero-order valence-corrected chi connectivity index (χ0v) is 14.9. The van der Waals surface area contributed by atoms with Gasteiger partial charge in [-0.25, -0.2) is 0 Å². The number of hydrogen-bond acceptors (Lipinski definition) is 4. The van der Waals surface area contributed by atoms with Gasteiger partial charge in [0.25, 0.3) is 0 Å². The first kappa shape index (κ1) is 22.1. The second-order valence-electron chi connectivity index (χ2n) is 6.19. The van der Waals surface area contributed by atoms with E-state index in [1.165, 1.54) is 32.1 Å². The summed E-state index contributed by atoms with van der Waals surface area (Å²) in [6, 6.07) is 0.000339. The fourth-order valence-corrected chi connectivity index (χ4v) is 2.66. The van der Waals surface area contributed by atoms with Gasteiger partial charge in [0.2, 0.25) is 0 Å². The third kappa shape index (κ3) is 13.8. The Morgan fingerprint density at radius 3 is 2.14 bits per heavy atom. The molecule has 0 amide bonds. The number of ether oxygens (including phenoxy) is 1. The number of aliphatic hydroxyl groups excluding tert-OH is 2. The van der Waals surface area contributed by atoms with Gasteiger partial charge in [-0.3, -0.25) is 0 Å². The first-order valence-electron chi connectivity index (χ1n) is 8.88. The van der Waals surface area contributed by atoms with Crippen molar-refractivity contribution in [2.75, 3.05) is 19.8 Å². The van der Waals surface area contributed by atoms with Crippen molar-refractivity contribution in [1.29, 1.82) is 0 Å². The summed E-state index contributed by atoms with van der Waals surface area (Å²) in [5, 5.41) is 18.3. The highest BCUT2D eigenvalue weighted by Gasteiger charge is 2.18. The molecule has 4 N–H and O–H groups in total. The number of rotatable bonds is 16. The monoisotopic (exact) mass is 337 g/mol. The Balaban J connectivity index is 3.31. The average molecular weight is 338 g/mol. The molecule has 0 aromatic rings. The Hall–Kier alpha value is 0.130. The lowest BCUT2D eigenvalue weighted by molar-refractivity contribution is 0.110. The van der Waals surface area contributed by atoms with Gasteiger partial charge in [0.05, 0.1) is 0 Å². The van der Waals surface area contributed by atoms with Crippen molar-refractivity contribution in [2.45, 2.75) is 82.7 Å². The number of hydrogen-bond donors (Lipinski definition) is 3. The molecule has 22 heavy (non-hydrogen) atoms. The maximum absolute atomic E-state index is 9.26. The van der Waals surface area contributed by atoms with Gasteiger partial charge in [-0.1, -0.05) is 57.0 Å². The van der Waals surface area contributed by atoms with Gasteiger partial charge < -0.3 is 20.7 Å². The summed E-state index contributed by atoms with van der Waals surface area (Å²) < 4.78 is 5.61. The van der Waals surface area contributed by atoms with Crippen LogP contribution in [0.25, 0.3) is 0 Å². The van der Waals surface area contributed by atoms with E-state index in [-0.39, 0.29) is 18.6 Å². The smallest absolute Gasteiger partial charge is 0.133 e. The summed E-state index contributed by atoms with van der Waals surface area (Å²) in [6.07, 6.45) is 11.0. The van der Waals surface area contributed by atoms with E-state index in [4.69, 9.17) is 27.2 Å². The van der Waals surface area contributed by atoms with Crippen LogP contribution in [0, 0.1) is 5.92 Å². The molecule has 0 aromatic carbocycles. The molecule has 134 valence electrons. The van der Waals surface area contributed by atoms with Crippen molar-refractivity contribution in [1.82, 2.24) is 0 Å². The highest BCUT2D eigenvalue weighted by atomic mass is 35.5. The zero-order valence-electron chi connectivity index (χ0n) is 14.2. The predicted molar refractivity (Wildman–Crippen MR) is 93.1 cm³/mol. The van der Waals surface area contributed by atoms with Crippen molar-refractivity contribution in [2.24, 2.45) is 11.7 Å². The van der Waals surface area contributed by atoms with Crippen LogP contribution in [-0.2, 0) is 4.74 Å². The van der Waals surface area contributed by atoms with Gasteiger partial charge in [0.1, 0.15) is 5.56 Å². The molecule has 3 unspecified atom stereocenters. The third-order valence-corrected chi connectivity index (χ3v) is 4.34. The molecule has 0 aliphatic heterocycles. The predicted octanol–water partition coefficient (Wildman–Crippen LogP) is 3.42. The van der Waals surface area contributed by atoms with Gasteiger partial charge in [0.15, 0.2) is 0 Å². The molecule has 0 aliphatic carbocycles. The van der Waals surface area contributed by atoms with E-state index in [9.17, 15) is 5.11 Å². The molecule has 0 rings (SSSR count). The normalized spacial score (nSPS) is 15.7. The van der Waals surface area contributed by atoms with Crippen LogP contribution >= 0.6 is 11.6 Å². The number of alkyl halides is 1. The fraction of sp³-hybridized carbons (Fsp3) is 1.00. The molecule has 5 heteroatoms. The summed E-state index contributed by atoms with van der Waals surface area (Å²) in [4.78, 5) is 0. The average Bonchev–Trinajstić information content (AvgIpc) is 2.50. The molecule has 0 heterocycles. The maximum atomic E-state index is 9.26. The molecule has 0 bridgehead atoms. The van der Waals surface area contributed by atoms with Crippen LogP contribution in [0.1, 0.15) is 71.1 Å². The van der Waals surface area contributed by atoms with Crippen LogP contribution in [0.15, 0.2) is 0 Å². The number of halogens is 1. The van der Waals surface area contributed by atoms with E-state index in [0.717, 1.165) is 38.9 Å². The molecule has 0 radical (unpaired) electrons. The molecule has 0 saturated carbocycles. The Bertz CT molecular complexity index is 230. The second-order valence-corrected chi connectivity index (χ2v) is 6.63. The molecular weight excluding hydrogens is 302 g/mol. The van der Waals surface area contributed by atoms with Gasteiger partial charge >= 0.3 is 0 Å². The van der Waals surface area contributed by atoms with Gasteiger partial charge in [-0.2, -0.15) is 0 Å². The SMILES string of the molecule is CCCCCCOCCCCCCC(N)CC(CO)C(O)Cl. The Kier molecular flexibility index (Phi) is 16.1. The first-order chi connectivity index (χ1) is 10.6. The van der Waals surface area contributed by atoms with Gasteiger partial charge in [-0.05, 0) is 25.7 Å². The Morgan fingerprint density at radius 2 is 1.59 bits per heavy atom. The molecule has 0 spiro atoms. The van der Waals surface area contributed by atoms with E-state index in [1.807, 2.05) is 0 Å². The largest absolute Gasteiger partial charge is 0.396 e. The van der Waals surface area contributed by atoms with E-state index in [0.29, 0.717) is 6.42 Å². The summed E-state index contributed by atoms with van der Waals surface area (Å²) in [5.41, 5.74) is 4.99. The third-order valence-electron chi connectivity index (χ3n) is 3.98. The van der Waals surface area contributed by atoms with Crippen LogP contribution in [0.4, 0.5) is 0 Å². The molecule has 0 aliphatic rings. The van der Waals surface area contributed by atoms with Crippen LogP contribution in [0.3, 0.4) is 0 Å². The number of aliphatic hydroxyl groups is 2. The second kappa shape index (κ2) is 16.0. The summed E-state index contributed by atoms with van der Waals surface area (Å²) in [7, 11) is 0. The van der Waals surface area contributed by atoms with E-state index < -0.39 is 5.56 Å². The number of unbranched alkanes of at least 4 members (excludes halogenated alkanes) is 6. The van der Waals surface area contributed by atoms with Crippen LogP contribution in [-0.4, -0.2) is 41.6 Å². The highest BCUT2D eigenvalue weighted by molar-refractivity contribution is 6.19. The summed E-state index contributed by atoms with van der Waals surface area (Å²) in [6.45, 7) is 3.86. The van der Waals surface area contributed by atoms with Crippen molar-refractivity contribution in [3.8, 4) is 0 Å². The van der Waals surface area contributed by atoms with Crippen molar-refractivity contribution >= 4 is 11.6 Å². The Labute approximate surface area is 141 Å². The minimum Gasteiger partial charge on any atom is -0.396 e. The minimum absolute atomic E-state index is 0.000339. The van der Waals surface area contributed by atoms with E-state index in [2.05, 4.69) is 6.92 Å². The fourth-order valence-electron chi connectivity index (χ4n) is 2.48. The van der Waals surface area contributed by atoms with Crippen LogP contribution < -0.4 is 5.73 Å². The van der Waals surface area contributed by atoms with Crippen molar-refractivity contribution < 1.29 is 14.9 Å². The zero-order chi connectivity index (χ0) is 16.6. The molecule has 0 aromatic heterocycles. The van der Waals surface area contributed by atoms with E-state index >= 15 is 0 Å². The molecule has 0 fully saturated rings. The maximum Gasteiger partial charge on any atom is 0.133 e. The lowest BCUT2D eigenvalue weighted by Crippen LogP contribution is -2.29. The highest BCUT2D eigenvalue weighted by Crippen LogP contribution is 2.16. The lowest BCUT2D eigenvalue weighted by Gasteiger charge is -2.20.